The molecule has 198 valence electrons. The molecule has 1 unspecified atom stereocenters. The number of nitrogens with zero attached hydrogens (tertiary/aromatic N) is 3. The standard InChI is InChI=1S/C28H31Br2Cl2N3O2/c29-21-12-20-2-1-19-13-22(32)14-23(30)26(19)27(28(20)33-16-21)18-5-9-34(10-6-18)24(36)11-17-3-7-35(8-4-17)25(37)15-31/h12-14,16-18,27H,1-11,15H2. The maximum absolute atomic E-state index is 13.2. The zero-order chi connectivity index (χ0) is 26.1. The van der Waals surface area contributed by atoms with Crippen LogP contribution in [0.15, 0.2) is 33.3 Å². The Kier molecular flexibility index (Phi) is 8.84. The summed E-state index contributed by atoms with van der Waals surface area (Å²) in [5.41, 5.74) is 5.04. The number of amides is 2. The minimum Gasteiger partial charge on any atom is -0.343 e. The molecule has 5 nitrogen and oxygen atoms in total. The number of fused-ring (bicyclic) bond motifs is 2. The van der Waals surface area contributed by atoms with Crippen molar-refractivity contribution in [2.75, 3.05) is 32.1 Å². The highest BCUT2D eigenvalue weighted by atomic mass is 79.9. The summed E-state index contributed by atoms with van der Waals surface area (Å²) in [4.78, 5) is 33.8. The Balaban J connectivity index is 1.28. The number of hydrogen-bond donors (Lipinski definition) is 0. The van der Waals surface area contributed by atoms with Crippen LogP contribution in [0.4, 0.5) is 0 Å². The van der Waals surface area contributed by atoms with Crippen LogP contribution in [0, 0.1) is 11.8 Å². The summed E-state index contributed by atoms with van der Waals surface area (Å²) in [5, 5.41) is 0.753. The number of carbonyl (C=O) groups excluding carboxylic acids is 2. The number of alkyl halides is 1. The topological polar surface area (TPSA) is 53.5 Å². The molecule has 2 aromatic rings. The molecule has 37 heavy (non-hydrogen) atoms. The van der Waals surface area contributed by atoms with Gasteiger partial charge in [0.1, 0.15) is 5.88 Å². The first-order chi connectivity index (χ1) is 17.8. The lowest BCUT2D eigenvalue weighted by molar-refractivity contribution is -0.134. The summed E-state index contributed by atoms with van der Waals surface area (Å²) in [7, 11) is 0. The number of halogens is 4. The molecule has 2 amide bonds. The maximum atomic E-state index is 13.2. The number of hydrogen-bond acceptors (Lipinski definition) is 3. The summed E-state index contributed by atoms with van der Waals surface area (Å²) >= 11 is 19.6. The van der Waals surface area contributed by atoms with Crippen molar-refractivity contribution in [1.82, 2.24) is 14.8 Å². The summed E-state index contributed by atoms with van der Waals surface area (Å²) in [6, 6.07) is 6.32. The predicted octanol–water partition coefficient (Wildman–Crippen LogP) is 6.60. The molecule has 2 aliphatic heterocycles. The molecule has 0 spiro atoms. The molecule has 3 heterocycles. The van der Waals surface area contributed by atoms with Crippen molar-refractivity contribution < 1.29 is 9.59 Å². The average molecular weight is 672 g/mol. The van der Waals surface area contributed by atoms with Crippen LogP contribution in [0.1, 0.15) is 60.4 Å². The van der Waals surface area contributed by atoms with Crippen LogP contribution < -0.4 is 0 Å². The Morgan fingerprint density at radius 2 is 1.57 bits per heavy atom. The molecule has 0 N–H and O–H groups in total. The van der Waals surface area contributed by atoms with Crippen molar-refractivity contribution in [3.05, 3.63) is 60.7 Å². The van der Waals surface area contributed by atoms with E-state index in [0.717, 1.165) is 71.3 Å². The van der Waals surface area contributed by atoms with Gasteiger partial charge in [0.05, 0.1) is 5.69 Å². The molecule has 2 fully saturated rings. The van der Waals surface area contributed by atoms with Gasteiger partial charge in [-0.05, 0) is 101 Å². The number of carbonyl (C=O) groups is 2. The molecule has 2 saturated heterocycles. The number of aryl methyl sites for hydroxylation is 2. The number of benzene rings is 1. The molecule has 0 bridgehead atoms. The van der Waals surface area contributed by atoms with E-state index in [1.807, 2.05) is 17.2 Å². The summed E-state index contributed by atoms with van der Waals surface area (Å²) in [6.07, 6.45) is 7.99. The number of likely N-dealkylation sites (tertiary alicyclic amines) is 2. The second kappa shape index (κ2) is 11.9. The molecule has 9 heteroatoms. The second-order valence-electron chi connectivity index (χ2n) is 10.5. The molecule has 5 rings (SSSR count). The van der Waals surface area contributed by atoms with Gasteiger partial charge in [-0.2, -0.15) is 0 Å². The van der Waals surface area contributed by atoms with Crippen LogP contribution in [0.2, 0.25) is 5.02 Å². The Hall–Kier alpha value is -1.15. The number of pyridine rings is 1. The van der Waals surface area contributed by atoms with Gasteiger partial charge in [-0.3, -0.25) is 14.6 Å². The Bertz CT molecular complexity index is 1180. The van der Waals surface area contributed by atoms with E-state index < -0.39 is 0 Å². The van der Waals surface area contributed by atoms with E-state index in [0.29, 0.717) is 31.3 Å². The maximum Gasteiger partial charge on any atom is 0.237 e. The SMILES string of the molecule is O=C(CCl)N1CCC(CC(=O)N2CCC(C3c4ncc(Br)cc4CCc4cc(Cl)cc(Br)c43)CC2)CC1. The average Bonchev–Trinajstić information content (AvgIpc) is 3.05. The zero-order valence-electron chi connectivity index (χ0n) is 20.7. The van der Waals surface area contributed by atoms with E-state index in [1.54, 1.807) is 0 Å². The van der Waals surface area contributed by atoms with Gasteiger partial charge in [0.15, 0.2) is 0 Å². The summed E-state index contributed by atoms with van der Waals surface area (Å²) in [5.74, 6) is 1.19. The van der Waals surface area contributed by atoms with Crippen molar-refractivity contribution in [2.24, 2.45) is 11.8 Å². The fourth-order valence-corrected chi connectivity index (χ4v) is 8.03. The van der Waals surface area contributed by atoms with Gasteiger partial charge >= 0.3 is 0 Å². The van der Waals surface area contributed by atoms with Crippen molar-refractivity contribution in [1.29, 1.82) is 0 Å². The molecule has 3 aliphatic rings. The Morgan fingerprint density at radius 3 is 2.27 bits per heavy atom. The normalized spacial score (nSPS) is 20.8. The van der Waals surface area contributed by atoms with Crippen molar-refractivity contribution in [3.63, 3.8) is 0 Å². The smallest absolute Gasteiger partial charge is 0.237 e. The molecular weight excluding hydrogens is 641 g/mol. The first kappa shape index (κ1) is 27.4. The lowest BCUT2D eigenvalue weighted by Crippen LogP contribution is -2.43. The third-order valence-electron chi connectivity index (χ3n) is 8.33. The first-order valence-corrected chi connectivity index (χ1v) is 15.6. The van der Waals surface area contributed by atoms with E-state index in [1.165, 1.54) is 16.7 Å². The lowest BCUT2D eigenvalue weighted by Gasteiger charge is -2.38. The fraction of sp³-hybridized carbons (Fsp3) is 0.536. The van der Waals surface area contributed by atoms with Crippen LogP contribution >= 0.6 is 55.1 Å². The molecule has 0 saturated carbocycles. The second-order valence-corrected chi connectivity index (χ2v) is 13.0. The van der Waals surface area contributed by atoms with Crippen LogP contribution in [-0.4, -0.2) is 58.7 Å². The third-order valence-corrected chi connectivity index (χ3v) is 9.86. The first-order valence-electron chi connectivity index (χ1n) is 13.1. The minimum absolute atomic E-state index is 0.00840. The molecular formula is C28H31Br2Cl2N3O2. The van der Waals surface area contributed by atoms with E-state index in [2.05, 4.69) is 48.9 Å². The predicted molar refractivity (Wildman–Crippen MR) is 154 cm³/mol. The lowest BCUT2D eigenvalue weighted by atomic mass is 9.76. The third kappa shape index (κ3) is 6.05. The fourth-order valence-electron chi connectivity index (χ4n) is 6.36. The Labute approximate surface area is 245 Å². The molecule has 1 aromatic heterocycles. The number of rotatable bonds is 4. The van der Waals surface area contributed by atoms with Crippen LogP contribution in [-0.2, 0) is 22.4 Å². The van der Waals surface area contributed by atoms with Crippen molar-refractivity contribution in [2.45, 2.75) is 50.9 Å². The highest BCUT2D eigenvalue weighted by molar-refractivity contribution is 9.10. The van der Waals surface area contributed by atoms with Gasteiger partial charge in [0.25, 0.3) is 0 Å². The highest BCUT2D eigenvalue weighted by Crippen LogP contribution is 2.46. The number of piperidine rings is 2. The van der Waals surface area contributed by atoms with Crippen LogP contribution in [0.5, 0.6) is 0 Å². The van der Waals surface area contributed by atoms with Crippen molar-refractivity contribution >= 4 is 66.9 Å². The van der Waals surface area contributed by atoms with Crippen LogP contribution in [0.3, 0.4) is 0 Å². The molecule has 1 aliphatic carbocycles. The largest absolute Gasteiger partial charge is 0.343 e. The summed E-state index contributed by atoms with van der Waals surface area (Å²) < 4.78 is 2.06. The van der Waals surface area contributed by atoms with Gasteiger partial charge in [-0.25, -0.2) is 0 Å². The van der Waals surface area contributed by atoms with E-state index in [9.17, 15) is 9.59 Å². The van der Waals surface area contributed by atoms with E-state index >= 15 is 0 Å². The van der Waals surface area contributed by atoms with Crippen LogP contribution in [0.25, 0.3) is 0 Å². The summed E-state index contributed by atoms with van der Waals surface area (Å²) in [6.45, 7) is 2.95. The molecule has 0 radical (unpaired) electrons. The quantitative estimate of drug-likeness (QED) is 0.345. The number of aromatic nitrogens is 1. The van der Waals surface area contributed by atoms with E-state index in [4.69, 9.17) is 28.2 Å². The monoisotopic (exact) mass is 669 g/mol. The van der Waals surface area contributed by atoms with Gasteiger partial charge in [-0.15, -0.1) is 11.6 Å². The van der Waals surface area contributed by atoms with Gasteiger partial charge in [0, 0.05) is 58.7 Å². The van der Waals surface area contributed by atoms with Crippen molar-refractivity contribution in [3.8, 4) is 0 Å². The van der Waals surface area contributed by atoms with E-state index in [-0.39, 0.29) is 23.6 Å². The molecule has 1 atom stereocenters. The van der Waals surface area contributed by atoms with Gasteiger partial charge in [-0.1, -0.05) is 27.5 Å². The highest BCUT2D eigenvalue weighted by Gasteiger charge is 2.36. The Morgan fingerprint density at radius 1 is 0.919 bits per heavy atom. The molecule has 1 aromatic carbocycles. The minimum atomic E-state index is -0.00840. The van der Waals surface area contributed by atoms with Gasteiger partial charge < -0.3 is 9.80 Å². The zero-order valence-corrected chi connectivity index (χ0v) is 25.4. The van der Waals surface area contributed by atoms with Gasteiger partial charge in [0.2, 0.25) is 11.8 Å².